The normalized spacial score (nSPS) is 21.8. The summed E-state index contributed by atoms with van der Waals surface area (Å²) in [4.78, 5) is 25.5. The van der Waals surface area contributed by atoms with Gasteiger partial charge in [0.15, 0.2) is 5.82 Å². The number of methoxy groups -OCH3 is 3. The largest absolute Gasteiger partial charge is 0.494 e. The molecular weight excluding hydrogens is 544 g/mol. The number of aromatic nitrogens is 4. The fourth-order valence-corrected chi connectivity index (χ4v) is 6.63. The smallest absolute Gasteiger partial charge is 0.254 e. The first-order valence-corrected chi connectivity index (χ1v) is 15.5. The van der Waals surface area contributed by atoms with E-state index in [-0.39, 0.29) is 11.9 Å². The van der Waals surface area contributed by atoms with E-state index in [0.29, 0.717) is 54.8 Å². The number of aryl methyl sites for hydroxylation is 1. The van der Waals surface area contributed by atoms with Crippen LogP contribution in [0.1, 0.15) is 57.3 Å². The number of nitrogens with zero attached hydrogens (tertiary/aromatic N) is 5. The average molecular weight is 591 g/mol. The van der Waals surface area contributed by atoms with Crippen LogP contribution in [0, 0.1) is 11.8 Å². The van der Waals surface area contributed by atoms with Crippen LogP contribution in [0.4, 0.5) is 0 Å². The lowest BCUT2D eigenvalue weighted by Gasteiger charge is -2.35. The Morgan fingerprint density at radius 3 is 2.42 bits per heavy atom. The lowest BCUT2D eigenvalue weighted by atomic mass is 9.82. The van der Waals surface area contributed by atoms with E-state index in [1.54, 1.807) is 21.3 Å². The molecule has 2 fully saturated rings. The van der Waals surface area contributed by atoms with Crippen molar-refractivity contribution in [3.05, 3.63) is 35.9 Å². The maximum Gasteiger partial charge on any atom is 0.254 e. The summed E-state index contributed by atoms with van der Waals surface area (Å²) in [5, 5.41) is 1.02. The number of carbonyl (C=O) groups is 1. The van der Waals surface area contributed by atoms with Crippen molar-refractivity contribution in [2.75, 3.05) is 34.4 Å². The number of carbonyl (C=O) groups excluding carboxylic acids is 1. The van der Waals surface area contributed by atoms with Crippen LogP contribution in [0.15, 0.2) is 30.3 Å². The Balaban J connectivity index is 0.00000180. The summed E-state index contributed by atoms with van der Waals surface area (Å²) < 4.78 is 21.4. The van der Waals surface area contributed by atoms with E-state index in [1.807, 2.05) is 43.0 Å². The van der Waals surface area contributed by atoms with Gasteiger partial charge in [-0.1, -0.05) is 20.8 Å². The fraction of sp³-hybridized carbons (Fsp3) is 0.545. The Labute approximate surface area is 254 Å². The highest BCUT2D eigenvalue weighted by Gasteiger charge is 2.33. The number of rotatable bonds is 8. The minimum atomic E-state index is -0.0378. The highest BCUT2D eigenvalue weighted by atomic mass is 16.5. The molecule has 1 aliphatic carbocycles. The molecule has 0 bridgehead atoms. The van der Waals surface area contributed by atoms with Gasteiger partial charge < -0.3 is 34.0 Å². The van der Waals surface area contributed by atoms with Gasteiger partial charge in [-0.3, -0.25) is 4.79 Å². The van der Waals surface area contributed by atoms with Crippen LogP contribution in [0.3, 0.4) is 0 Å². The molecule has 1 aromatic carbocycles. The first kappa shape index (κ1) is 30.8. The minimum absolute atomic E-state index is 0.0132. The first-order valence-electron chi connectivity index (χ1n) is 15.5. The van der Waals surface area contributed by atoms with Crippen molar-refractivity contribution in [1.82, 2.24) is 24.0 Å². The summed E-state index contributed by atoms with van der Waals surface area (Å²) >= 11 is 0. The van der Waals surface area contributed by atoms with Gasteiger partial charge in [0.25, 0.3) is 5.91 Å². The van der Waals surface area contributed by atoms with Crippen LogP contribution in [-0.4, -0.2) is 76.5 Å². The molecule has 1 amide bonds. The van der Waals surface area contributed by atoms with Gasteiger partial charge in [0.1, 0.15) is 16.9 Å². The van der Waals surface area contributed by atoms with Gasteiger partial charge in [0.05, 0.1) is 31.5 Å². The predicted octanol–water partition coefficient (Wildman–Crippen LogP) is 5.35. The van der Waals surface area contributed by atoms with Crippen LogP contribution in [0.2, 0.25) is 0 Å². The number of benzene rings is 1. The molecule has 6 rings (SSSR count). The van der Waals surface area contributed by atoms with Crippen LogP contribution in [0.25, 0.3) is 33.6 Å². The van der Waals surface area contributed by atoms with E-state index in [4.69, 9.17) is 29.9 Å². The van der Waals surface area contributed by atoms with Gasteiger partial charge >= 0.3 is 0 Å². The Kier molecular flexibility index (Phi) is 9.27. The summed E-state index contributed by atoms with van der Waals surface area (Å²) in [7, 11) is 5.06. The number of amides is 1. The molecule has 2 atom stereocenters. The predicted molar refractivity (Wildman–Crippen MR) is 170 cm³/mol. The number of hydrogen-bond acceptors (Lipinski definition) is 7. The average Bonchev–Trinajstić information content (AvgIpc) is 3.55. The second-order valence-electron chi connectivity index (χ2n) is 11.6. The number of nitrogens with two attached hydrogens (primary N) is 1. The highest BCUT2D eigenvalue weighted by Crippen LogP contribution is 2.39. The SMILES string of the molecule is CC.CCn1c(-c2nc3cc(C(=O)N4CC(N)C[C@@H](C)C4)cc(OC)c3n2CC2CC(OC)C2)cc2ccc(OC)nc21. The summed E-state index contributed by atoms with van der Waals surface area (Å²) in [6.45, 7) is 11.0. The van der Waals surface area contributed by atoms with E-state index in [2.05, 4.69) is 29.0 Å². The van der Waals surface area contributed by atoms with Crippen molar-refractivity contribution in [3.63, 3.8) is 0 Å². The van der Waals surface area contributed by atoms with Gasteiger partial charge in [0, 0.05) is 56.3 Å². The van der Waals surface area contributed by atoms with Crippen molar-refractivity contribution in [3.8, 4) is 23.1 Å². The molecule has 232 valence electrons. The Morgan fingerprint density at radius 2 is 1.77 bits per heavy atom. The lowest BCUT2D eigenvalue weighted by molar-refractivity contribution is -0.00392. The third-order valence-corrected chi connectivity index (χ3v) is 8.69. The summed E-state index contributed by atoms with van der Waals surface area (Å²) in [6.07, 6.45) is 3.22. The number of hydrogen-bond donors (Lipinski definition) is 1. The molecule has 1 saturated carbocycles. The third kappa shape index (κ3) is 5.82. The second-order valence-corrected chi connectivity index (χ2v) is 11.6. The van der Waals surface area contributed by atoms with Gasteiger partial charge in [0.2, 0.25) is 5.88 Å². The summed E-state index contributed by atoms with van der Waals surface area (Å²) in [6, 6.07) is 9.79. The zero-order chi connectivity index (χ0) is 30.8. The van der Waals surface area contributed by atoms with Gasteiger partial charge in [-0.15, -0.1) is 0 Å². The molecule has 1 aliphatic heterocycles. The van der Waals surface area contributed by atoms with Crippen LogP contribution >= 0.6 is 0 Å². The molecule has 10 heteroatoms. The molecule has 2 aliphatic rings. The summed E-state index contributed by atoms with van der Waals surface area (Å²) in [5.41, 5.74) is 10.3. The molecule has 4 aromatic rings. The zero-order valence-electron chi connectivity index (χ0n) is 26.6. The molecule has 0 radical (unpaired) electrons. The van der Waals surface area contributed by atoms with E-state index < -0.39 is 0 Å². The molecule has 1 unspecified atom stereocenters. The van der Waals surface area contributed by atoms with Gasteiger partial charge in [-0.05, 0) is 62.3 Å². The monoisotopic (exact) mass is 590 g/mol. The number of ether oxygens (including phenoxy) is 3. The van der Waals surface area contributed by atoms with Gasteiger partial charge in [-0.2, -0.15) is 4.98 Å². The topological polar surface area (TPSA) is 110 Å². The Bertz CT molecular complexity index is 1580. The molecule has 3 aromatic heterocycles. The van der Waals surface area contributed by atoms with Gasteiger partial charge in [-0.25, -0.2) is 4.98 Å². The molecule has 0 spiro atoms. The maximum absolute atomic E-state index is 13.7. The van der Waals surface area contributed by atoms with Crippen LogP contribution < -0.4 is 15.2 Å². The number of imidazole rings is 1. The number of fused-ring (bicyclic) bond motifs is 2. The van der Waals surface area contributed by atoms with Crippen molar-refractivity contribution in [1.29, 1.82) is 0 Å². The maximum atomic E-state index is 13.7. The van der Waals surface area contributed by atoms with Crippen molar-refractivity contribution < 1.29 is 19.0 Å². The fourth-order valence-electron chi connectivity index (χ4n) is 6.63. The zero-order valence-corrected chi connectivity index (χ0v) is 26.6. The molecule has 4 heterocycles. The second kappa shape index (κ2) is 12.9. The standard InChI is InChI=1S/C31H40N6O4.C2H6/c1-6-36-25(13-20-7-8-27(41-5)34-29(20)36)30-33-24-12-21(31(38)35-15-18(2)9-22(32)17-35)14-26(40-4)28(24)37(30)16-19-10-23(11-19)39-3;1-2/h7-8,12-14,18-19,22-23H,6,9-11,15-17,32H2,1-5H3;1-2H3/t18-,19?,22?,23?;/m1./s1. The molecular formula is C33H46N6O4. The molecule has 2 N–H and O–H groups in total. The minimum Gasteiger partial charge on any atom is -0.494 e. The molecule has 1 saturated heterocycles. The third-order valence-electron chi connectivity index (χ3n) is 8.69. The van der Waals surface area contributed by atoms with Crippen LogP contribution in [0.5, 0.6) is 11.6 Å². The van der Waals surface area contributed by atoms with E-state index in [0.717, 1.165) is 59.4 Å². The number of piperidine rings is 1. The van der Waals surface area contributed by atoms with E-state index in [1.165, 1.54) is 0 Å². The Morgan fingerprint density at radius 1 is 1.00 bits per heavy atom. The highest BCUT2D eigenvalue weighted by molar-refractivity contribution is 6.00. The summed E-state index contributed by atoms with van der Waals surface area (Å²) in [5.74, 6) is 2.82. The van der Waals surface area contributed by atoms with Crippen molar-refractivity contribution in [2.45, 2.75) is 72.2 Å². The van der Waals surface area contributed by atoms with Crippen molar-refractivity contribution >= 4 is 28.0 Å². The lowest BCUT2D eigenvalue weighted by Crippen LogP contribution is -2.48. The van der Waals surface area contributed by atoms with E-state index in [9.17, 15) is 4.79 Å². The Hall–Kier alpha value is -3.63. The molecule has 43 heavy (non-hydrogen) atoms. The van der Waals surface area contributed by atoms with Crippen LogP contribution in [-0.2, 0) is 17.8 Å². The van der Waals surface area contributed by atoms with E-state index >= 15 is 0 Å². The molecule has 10 nitrogen and oxygen atoms in total. The van der Waals surface area contributed by atoms with Crippen molar-refractivity contribution in [2.24, 2.45) is 17.6 Å². The number of likely N-dealkylation sites (tertiary alicyclic amines) is 1. The first-order chi connectivity index (χ1) is 20.8. The number of pyridine rings is 1. The quantitative estimate of drug-likeness (QED) is 0.295.